The van der Waals surface area contributed by atoms with Gasteiger partial charge in [-0.2, -0.15) is 0 Å². The number of aromatic nitrogens is 2. The molecule has 0 aliphatic carbocycles. The molecule has 29 heavy (non-hydrogen) atoms. The number of rotatable bonds is 5. The van der Waals surface area contributed by atoms with Crippen LogP contribution in [0.2, 0.25) is 5.02 Å². The number of carbonyl (C=O) groups is 2. The van der Waals surface area contributed by atoms with Gasteiger partial charge in [-0.1, -0.05) is 17.7 Å². The second kappa shape index (κ2) is 7.97. The standard InChI is InChI=1S/C21H19ClN4O3/c1-29-17-7-5-13(6-8-17)20-23-12-18-21(28)24-11-16(26(18)20)10-19(27)25-15-4-2-3-14(22)9-15/h2-9,12,16H,10-11H2,1H3,(H,24,28)(H,25,27). The number of hydrogen-bond donors (Lipinski definition) is 2. The maximum absolute atomic E-state index is 12.6. The van der Waals surface area contributed by atoms with Gasteiger partial charge in [-0.3, -0.25) is 9.59 Å². The number of halogens is 1. The summed E-state index contributed by atoms with van der Waals surface area (Å²) in [6.45, 7) is 0.342. The van der Waals surface area contributed by atoms with Crippen molar-refractivity contribution in [2.45, 2.75) is 12.5 Å². The number of ether oxygens (including phenoxy) is 1. The maximum atomic E-state index is 12.6. The normalized spacial score (nSPS) is 15.4. The Balaban J connectivity index is 1.60. The minimum absolute atomic E-state index is 0.172. The van der Waals surface area contributed by atoms with E-state index >= 15 is 0 Å². The van der Waals surface area contributed by atoms with Gasteiger partial charge in [-0.15, -0.1) is 0 Å². The number of anilines is 1. The Morgan fingerprint density at radius 2 is 2.10 bits per heavy atom. The Morgan fingerprint density at radius 1 is 1.31 bits per heavy atom. The molecular weight excluding hydrogens is 392 g/mol. The first-order chi connectivity index (χ1) is 14.0. The zero-order valence-electron chi connectivity index (χ0n) is 15.7. The second-order valence-electron chi connectivity index (χ2n) is 6.69. The Morgan fingerprint density at radius 3 is 2.83 bits per heavy atom. The Bertz CT molecular complexity index is 1060. The SMILES string of the molecule is COc1ccc(-c2ncc3n2C(CC(=O)Nc2cccc(Cl)c2)CNC3=O)cc1. The summed E-state index contributed by atoms with van der Waals surface area (Å²) in [5.41, 5.74) is 1.90. The van der Waals surface area contributed by atoms with E-state index in [0.29, 0.717) is 28.8 Å². The van der Waals surface area contributed by atoms with Crippen LogP contribution in [-0.2, 0) is 4.79 Å². The van der Waals surface area contributed by atoms with Crippen LogP contribution in [0.5, 0.6) is 5.75 Å². The fourth-order valence-electron chi connectivity index (χ4n) is 3.40. The lowest BCUT2D eigenvalue weighted by Gasteiger charge is -2.27. The summed E-state index contributed by atoms with van der Waals surface area (Å²) >= 11 is 5.98. The van der Waals surface area contributed by atoms with Gasteiger partial charge >= 0.3 is 0 Å². The highest BCUT2D eigenvalue weighted by Gasteiger charge is 2.30. The molecule has 2 aromatic carbocycles. The molecule has 1 aromatic heterocycles. The fourth-order valence-corrected chi connectivity index (χ4v) is 3.59. The molecule has 2 amide bonds. The molecule has 1 atom stereocenters. The highest BCUT2D eigenvalue weighted by molar-refractivity contribution is 6.30. The second-order valence-corrected chi connectivity index (χ2v) is 7.13. The molecule has 0 bridgehead atoms. The van der Waals surface area contributed by atoms with Crippen LogP contribution in [0.1, 0.15) is 23.0 Å². The molecule has 0 fully saturated rings. The fraction of sp³-hybridized carbons (Fsp3) is 0.190. The van der Waals surface area contributed by atoms with Crippen molar-refractivity contribution in [3.8, 4) is 17.1 Å². The molecule has 1 aliphatic heterocycles. The monoisotopic (exact) mass is 410 g/mol. The third kappa shape index (κ3) is 3.95. The van der Waals surface area contributed by atoms with Gasteiger partial charge in [0.1, 0.15) is 17.3 Å². The van der Waals surface area contributed by atoms with Crippen LogP contribution in [-0.4, -0.2) is 35.0 Å². The van der Waals surface area contributed by atoms with E-state index in [4.69, 9.17) is 16.3 Å². The Labute approximate surface area is 172 Å². The maximum Gasteiger partial charge on any atom is 0.269 e. The van der Waals surface area contributed by atoms with Crippen LogP contribution >= 0.6 is 11.6 Å². The van der Waals surface area contributed by atoms with Crippen molar-refractivity contribution in [3.05, 3.63) is 65.4 Å². The van der Waals surface area contributed by atoms with Crippen LogP contribution in [0, 0.1) is 0 Å². The van der Waals surface area contributed by atoms with Gasteiger partial charge in [-0.05, 0) is 42.5 Å². The highest BCUT2D eigenvalue weighted by Crippen LogP contribution is 2.29. The van der Waals surface area contributed by atoms with E-state index in [1.165, 1.54) is 6.20 Å². The van der Waals surface area contributed by atoms with Crippen LogP contribution in [0.4, 0.5) is 5.69 Å². The van der Waals surface area contributed by atoms with Gasteiger partial charge in [0.25, 0.3) is 5.91 Å². The number of imidazole rings is 1. The predicted octanol–water partition coefficient (Wildman–Crippen LogP) is 3.53. The van der Waals surface area contributed by atoms with E-state index in [0.717, 1.165) is 11.3 Å². The summed E-state index contributed by atoms with van der Waals surface area (Å²) in [6, 6.07) is 14.1. The van der Waals surface area contributed by atoms with Gasteiger partial charge in [-0.25, -0.2) is 4.98 Å². The third-order valence-electron chi connectivity index (χ3n) is 4.77. The molecule has 4 rings (SSSR count). The van der Waals surface area contributed by atoms with Gasteiger partial charge in [0.05, 0.1) is 19.3 Å². The summed E-state index contributed by atoms with van der Waals surface area (Å²) in [5, 5.41) is 6.23. The first-order valence-corrected chi connectivity index (χ1v) is 9.48. The number of nitrogens with one attached hydrogen (secondary N) is 2. The zero-order chi connectivity index (χ0) is 20.4. The molecule has 7 nitrogen and oxygen atoms in total. The van der Waals surface area contributed by atoms with E-state index in [1.807, 2.05) is 28.8 Å². The molecule has 1 unspecified atom stereocenters. The smallest absolute Gasteiger partial charge is 0.269 e. The molecule has 0 radical (unpaired) electrons. The lowest BCUT2D eigenvalue weighted by molar-refractivity contribution is -0.117. The molecule has 2 N–H and O–H groups in total. The molecule has 1 aliphatic rings. The minimum atomic E-state index is -0.263. The number of fused-ring (bicyclic) bond motifs is 1. The van der Waals surface area contributed by atoms with E-state index < -0.39 is 0 Å². The quantitative estimate of drug-likeness (QED) is 0.673. The highest BCUT2D eigenvalue weighted by atomic mass is 35.5. The van der Waals surface area contributed by atoms with Crippen molar-refractivity contribution >= 4 is 29.1 Å². The van der Waals surface area contributed by atoms with Crippen molar-refractivity contribution in [2.24, 2.45) is 0 Å². The van der Waals surface area contributed by atoms with E-state index in [9.17, 15) is 9.59 Å². The lowest BCUT2D eigenvalue weighted by Crippen LogP contribution is -2.40. The lowest BCUT2D eigenvalue weighted by atomic mass is 10.1. The van der Waals surface area contributed by atoms with Gasteiger partial charge in [0.2, 0.25) is 5.91 Å². The summed E-state index contributed by atoms with van der Waals surface area (Å²) in [6.07, 6.45) is 1.72. The van der Waals surface area contributed by atoms with E-state index in [1.54, 1.807) is 31.4 Å². The molecule has 2 heterocycles. The van der Waals surface area contributed by atoms with Gasteiger partial charge < -0.3 is 19.9 Å². The molecule has 0 saturated heterocycles. The van der Waals surface area contributed by atoms with Gasteiger partial charge in [0, 0.05) is 29.2 Å². The summed E-state index contributed by atoms with van der Waals surface area (Å²) in [4.78, 5) is 29.3. The van der Waals surface area contributed by atoms with Crippen molar-refractivity contribution in [3.63, 3.8) is 0 Å². The number of nitrogens with zero attached hydrogens (tertiary/aromatic N) is 2. The molecule has 0 saturated carbocycles. The van der Waals surface area contributed by atoms with Crippen molar-refractivity contribution in [1.82, 2.24) is 14.9 Å². The zero-order valence-corrected chi connectivity index (χ0v) is 16.4. The van der Waals surface area contributed by atoms with Crippen molar-refractivity contribution in [2.75, 3.05) is 19.0 Å². The first kappa shape index (κ1) is 19.0. The third-order valence-corrected chi connectivity index (χ3v) is 5.01. The largest absolute Gasteiger partial charge is 0.497 e. The van der Waals surface area contributed by atoms with Crippen molar-refractivity contribution in [1.29, 1.82) is 0 Å². The van der Waals surface area contributed by atoms with E-state index in [-0.39, 0.29) is 24.3 Å². The topological polar surface area (TPSA) is 85.2 Å². The molecular formula is C21H19ClN4O3. The number of hydrogen-bond acceptors (Lipinski definition) is 4. The van der Waals surface area contributed by atoms with Crippen LogP contribution < -0.4 is 15.4 Å². The Hall–Kier alpha value is -3.32. The summed E-state index contributed by atoms with van der Waals surface area (Å²) in [5.74, 6) is 0.991. The Kier molecular flexibility index (Phi) is 5.22. The first-order valence-electron chi connectivity index (χ1n) is 9.10. The van der Waals surface area contributed by atoms with Crippen LogP contribution in [0.15, 0.2) is 54.7 Å². The number of methoxy groups -OCH3 is 1. The van der Waals surface area contributed by atoms with Crippen LogP contribution in [0.3, 0.4) is 0 Å². The average Bonchev–Trinajstić information content (AvgIpc) is 3.16. The summed E-state index contributed by atoms with van der Waals surface area (Å²) < 4.78 is 7.03. The number of benzene rings is 2. The van der Waals surface area contributed by atoms with Gasteiger partial charge in [0.15, 0.2) is 0 Å². The van der Waals surface area contributed by atoms with Crippen LogP contribution in [0.25, 0.3) is 11.4 Å². The molecule has 148 valence electrons. The predicted molar refractivity (Wildman–Crippen MR) is 110 cm³/mol. The molecule has 8 heteroatoms. The van der Waals surface area contributed by atoms with Crippen molar-refractivity contribution < 1.29 is 14.3 Å². The molecule has 3 aromatic rings. The molecule has 0 spiro atoms. The summed E-state index contributed by atoms with van der Waals surface area (Å²) in [7, 11) is 1.60. The van der Waals surface area contributed by atoms with E-state index in [2.05, 4.69) is 15.6 Å². The number of amides is 2. The number of carbonyl (C=O) groups excluding carboxylic acids is 2. The minimum Gasteiger partial charge on any atom is -0.497 e. The average molecular weight is 411 g/mol.